The minimum Gasteiger partial charge on any atom is -0.396 e. The summed E-state index contributed by atoms with van der Waals surface area (Å²) in [5.74, 6) is -0.0806. The Balaban J connectivity index is 1.75. The monoisotopic (exact) mass is 324 g/mol. The average Bonchev–Trinajstić information content (AvgIpc) is 2.99. The van der Waals surface area contributed by atoms with E-state index in [1.165, 1.54) is 10.4 Å². The maximum absolute atomic E-state index is 12.2. The fourth-order valence-corrected chi connectivity index (χ4v) is 3.36. The van der Waals surface area contributed by atoms with Crippen LogP contribution in [0.1, 0.15) is 37.1 Å². The topological polar surface area (TPSA) is 69.6 Å². The Morgan fingerprint density at radius 2 is 2.18 bits per heavy atom. The van der Waals surface area contributed by atoms with Crippen LogP contribution in [0.15, 0.2) is 11.4 Å². The molecular weight excluding hydrogens is 300 g/mol. The fraction of sp³-hybridized carbons (Fsp3) is 0.625. The van der Waals surface area contributed by atoms with Crippen molar-refractivity contribution < 1.29 is 14.7 Å². The van der Waals surface area contributed by atoms with E-state index in [0.717, 1.165) is 13.0 Å². The number of carbonyl (C=O) groups excluding carboxylic acids is 2. The summed E-state index contributed by atoms with van der Waals surface area (Å²) in [6.45, 7) is 5.19. The number of nitrogens with one attached hydrogen (secondary N) is 1. The number of carbonyl (C=O) groups is 2. The van der Waals surface area contributed by atoms with Crippen LogP contribution in [0.3, 0.4) is 0 Å². The SMILES string of the molecule is CC(CO)C(C)NC(=O)CCC(=O)N1CCc2sccc2C1. The highest BCUT2D eigenvalue weighted by Gasteiger charge is 2.22. The summed E-state index contributed by atoms with van der Waals surface area (Å²) in [5, 5.41) is 14.0. The van der Waals surface area contributed by atoms with Gasteiger partial charge in [-0.15, -0.1) is 11.3 Å². The van der Waals surface area contributed by atoms with Crippen LogP contribution in [-0.4, -0.2) is 41.0 Å². The lowest BCUT2D eigenvalue weighted by Gasteiger charge is -2.27. The van der Waals surface area contributed by atoms with Crippen molar-refractivity contribution in [2.24, 2.45) is 5.92 Å². The molecule has 0 aromatic carbocycles. The quantitative estimate of drug-likeness (QED) is 0.834. The van der Waals surface area contributed by atoms with Crippen LogP contribution in [0.2, 0.25) is 0 Å². The molecule has 2 atom stereocenters. The number of hydrogen-bond acceptors (Lipinski definition) is 4. The number of fused-ring (bicyclic) bond motifs is 1. The van der Waals surface area contributed by atoms with Crippen molar-refractivity contribution in [3.63, 3.8) is 0 Å². The van der Waals surface area contributed by atoms with Crippen molar-refractivity contribution in [1.29, 1.82) is 0 Å². The van der Waals surface area contributed by atoms with E-state index in [0.29, 0.717) is 6.54 Å². The molecule has 0 saturated carbocycles. The Morgan fingerprint density at radius 3 is 2.91 bits per heavy atom. The standard InChI is InChI=1S/C16H24N2O3S/c1-11(10-19)12(2)17-15(20)3-4-16(21)18-7-5-14-13(9-18)6-8-22-14/h6,8,11-12,19H,3-5,7,9-10H2,1-2H3,(H,17,20). The molecule has 6 heteroatoms. The molecule has 122 valence electrons. The second-order valence-corrected chi connectivity index (χ2v) is 6.95. The van der Waals surface area contributed by atoms with Gasteiger partial charge in [0.05, 0.1) is 0 Å². The molecule has 1 aliphatic heterocycles. The lowest BCUT2D eigenvalue weighted by Crippen LogP contribution is -2.39. The molecule has 1 aliphatic rings. The first-order chi connectivity index (χ1) is 10.5. The van der Waals surface area contributed by atoms with Crippen LogP contribution in [0.25, 0.3) is 0 Å². The van der Waals surface area contributed by atoms with Crippen LogP contribution in [0.5, 0.6) is 0 Å². The lowest BCUT2D eigenvalue weighted by atomic mass is 10.0. The molecule has 0 saturated heterocycles. The van der Waals surface area contributed by atoms with Crippen LogP contribution in [-0.2, 0) is 22.6 Å². The molecular formula is C16H24N2O3S. The summed E-state index contributed by atoms with van der Waals surface area (Å²) in [6.07, 6.45) is 1.36. The minimum absolute atomic E-state index is 0.0127. The first-order valence-electron chi connectivity index (χ1n) is 7.74. The van der Waals surface area contributed by atoms with Gasteiger partial charge in [0.1, 0.15) is 0 Å². The third-order valence-electron chi connectivity index (χ3n) is 4.26. The zero-order valence-corrected chi connectivity index (χ0v) is 14.0. The Bertz CT molecular complexity index is 529. The van der Waals surface area contributed by atoms with E-state index in [-0.39, 0.29) is 43.2 Å². The molecule has 2 rings (SSSR count). The average molecular weight is 324 g/mol. The third-order valence-corrected chi connectivity index (χ3v) is 5.28. The number of amides is 2. The van der Waals surface area contributed by atoms with Gasteiger partial charge >= 0.3 is 0 Å². The van der Waals surface area contributed by atoms with E-state index in [4.69, 9.17) is 5.11 Å². The molecule has 0 radical (unpaired) electrons. The van der Waals surface area contributed by atoms with E-state index < -0.39 is 0 Å². The molecule has 0 spiro atoms. The molecule has 0 bridgehead atoms. The van der Waals surface area contributed by atoms with E-state index in [1.54, 1.807) is 11.3 Å². The summed E-state index contributed by atoms with van der Waals surface area (Å²) in [4.78, 5) is 27.3. The first-order valence-corrected chi connectivity index (χ1v) is 8.62. The van der Waals surface area contributed by atoms with Gasteiger partial charge in [0.25, 0.3) is 0 Å². The highest BCUT2D eigenvalue weighted by atomic mass is 32.1. The summed E-state index contributed by atoms with van der Waals surface area (Å²) >= 11 is 1.75. The minimum atomic E-state index is -0.130. The Labute approximate surface area is 135 Å². The second-order valence-electron chi connectivity index (χ2n) is 5.95. The lowest BCUT2D eigenvalue weighted by molar-refractivity contribution is -0.134. The van der Waals surface area contributed by atoms with Gasteiger partial charge in [-0.25, -0.2) is 0 Å². The van der Waals surface area contributed by atoms with Gasteiger partial charge in [0.2, 0.25) is 11.8 Å². The number of aliphatic hydroxyl groups excluding tert-OH is 1. The predicted octanol–water partition coefficient (Wildman–Crippen LogP) is 1.55. The number of aliphatic hydroxyl groups is 1. The summed E-state index contributed by atoms with van der Waals surface area (Å²) in [5.41, 5.74) is 1.24. The molecule has 2 heterocycles. The molecule has 22 heavy (non-hydrogen) atoms. The van der Waals surface area contributed by atoms with Crippen molar-refractivity contribution in [3.8, 4) is 0 Å². The first kappa shape index (κ1) is 17.0. The largest absolute Gasteiger partial charge is 0.396 e. The van der Waals surface area contributed by atoms with Crippen molar-refractivity contribution in [3.05, 3.63) is 21.9 Å². The number of rotatable bonds is 6. The van der Waals surface area contributed by atoms with Gasteiger partial charge < -0.3 is 15.3 Å². The zero-order valence-electron chi connectivity index (χ0n) is 13.2. The molecule has 2 unspecified atom stereocenters. The van der Waals surface area contributed by atoms with Crippen molar-refractivity contribution in [2.75, 3.05) is 13.2 Å². The van der Waals surface area contributed by atoms with Crippen LogP contribution in [0.4, 0.5) is 0 Å². The Hall–Kier alpha value is -1.40. The van der Waals surface area contributed by atoms with Crippen LogP contribution >= 0.6 is 11.3 Å². The molecule has 2 amide bonds. The third kappa shape index (κ3) is 4.30. The summed E-state index contributed by atoms with van der Waals surface area (Å²) in [6, 6.07) is 1.99. The molecule has 0 fully saturated rings. The molecule has 2 N–H and O–H groups in total. The van der Waals surface area contributed by atoms with Gasteiger partial charge in [0.15, 0.2) is 0 Å². The number of hydrogen-bond donors (Lipinski definition) is 2. The smallest absolute Gasteiger partial charge is 0.223 e. The van der Waals surface area contributed by atoms with Gasteiger partial charge in [-0.1, -0.05) is 6.92 Å². The van der Waals surface area contributed by atoms with Gasteiger partial charge in [-0.3, -0.25) is 9.59 Å². The Morgan fingerprint density at radius 1 is 1.41 bits per heavy atom. The van der Waals surface area contributed by atoms with Crippen molar-refractivity contribution >= 4 is 23.2 Å². The van der Waals surface area contributed by atoms with Gasteiger partial charge in [0, 0.05) is 43.5 Å². The van der Waals surface area contributed by atoms with Crippen molar-refractivity contribution in [1.82, 2.24) is 10.2 Å². The van der Waals surface area contributed by atoms with Gasteiger partial charge in [-0.2, -0.15) is 0 Å². The number of nitrogens with zero attached hydrogens (tertiary/aromatic N) is 1. The van der Waals surface area contributed by atoms with E-state index in [1.807, 2.05) is 18.7 Å². The number of thiophene rings is 1. The van der Waals surface area contributed by atoms with E-state index >= 15 is 0 Å². The van der Waals surface area contributed by atoms with Gasteiger partial charge in [-0.05, 0) is 36.3 Å². The maximum Gasteiger partial charge on any atom is 0.223 e. The maximum atomic E-state index is 12.2. The fourth-order valence-electron chi connectivity index (χ4n) is 2.47. The molecule has 1 aromatic heterocycles. The zero-order chi connectivity index (χ0) is 16.1. The van der Waals surface area contributed by atoms with Crippen molar-refractivity contribution in [2.45, 2.75) is 45.7 Å². The molecule has 1 aromatic rings. The highest BCUT2D eigenvalue weighted by molar-refractivity contribution is 7.10. The van der Waals surface area contributed by atoms with E-state index in [9.17, 15) is 9.59 Å². The Kier molecular flexibility index (Phi) is 5.97. The highest BCUT2D eigenvalue weighted by Crippen LogP contribution is 2.24. The predicted molar refractivity (Wildman–Crippen MR) is 86.5 cm³/mol. The molecule has 5 nitrogen and oxygen atoms in total. The second kappa shape index (κ2) is 7.74. The summed E-state index contributed by atoms with van der Waals surface area (Å²) in [7, 11) is 0. The summed E-state index contributed by atoms with van der Waals surface area (Å²) < 4.78 is 0. The van der Waals surface area contributed by atoms with Crippen LogP contribution < -0.4 is 5.32 Å². The molecule has 0 aliphatic carbocycles. The van der Waals surface area contributed by atoms with Crippen LogP contribution in [0, 0.1) is 5.92 Å². The normalized spacial score (nSPS) is 16.8. The van der Waals surface area contributed by atoms with E-state index in [2.05, 4.69) is 16.8 Å².